The predicted molar refractivity (Wildman–Crippen MR) is 103 cm³/mol. The summed E-state index contributed by atoms with van der Waals surface area (Å²) in [5.74, 6) is -0.945. The van der Waals surface area contributed by atoms with Gasteiger partial charge in [0.2, 0.25) is 0 Å². The molecule has 2 amide bonds. The summed E-state index contributed by atoms with van der Waals surface area (Å²) in [6, 6.07) is 6.20. The molecule has 1 heterocycles. The van der Waals surface area contributed by atoms with Gasteiger partial charge in [0.15, 0.2) is 0 Å². The molecule has 1 aromatic rings. The molecule has 28 heavy (non-hydrogen) atoms. The van der Waals surface area contributed by atoms with Gasteiger partial charge < -0.3 is 20.1 Å². The van der Waals surface area contributed by atoms with Crippen LogP contribution >= 0.6 is 11.6 Å². The highest BCUT2D eigenvalue weighted by Gasteiger charge is 2.47. The van der Waals surface area contributed by atoms with E-state index in [4.69, 9.17) is 21.1 Å². The molecule has 1 aliphatic heterocycles. The van der Waals surface area contributed by atoms with Gasteiger partial charge in [-0.2, -0.15) is 0 Å². The minimum Gasteiger partial charge on any atom is -0.463 e. The highest BCUT2D eigenvalue weighted by atomic mass is 35.5. The van der Waals surface area contributed by atoms with Crippen LogP contribution in [-0.2, 0) is 24.5 Å². The van der Waals surface area contributed by atoms with E-state index in [1.54, 1.807) is 32.0 Å². The standard InChI is InChI=1S/C20H23ClN2O5/c1-3-27-17(24)16-12(2)22-19(26)23-15(16)11-28-18(25)20(8-5-9-20)13-6-4-7-14(21)10-13/h4,6-7,10,12H,3,5,8-9,11H2,1-2H3,(H2,22,23,26). The lowest BCUT2D eigenvalue weighted by atomic mass is 9.64. The molecule has 7 nitrogen and oxygen atoms in total. The molecule has 0 aromatic heterocycles. The Hall–Kier alpha value is -2.54. The van der Waals surface area contributed by atoms with Gasteiger partial charge in [-0.1, -0.05) is 30.2 Å². The van der Waals surface area contributed by atoms with E-state index in [-0.39, 0.29) is 24.5 Å². The summed E-state index contributed by atoms with van der Waals surface area (Å²) in [5, 5.41) is 5.72. The van der Waals surface area contributed by atoms with Crippen molar-refractivity contribution in [1.82, 2.24) is 10.6 Å². The molecular formula is C20H23ClN2O5. The van der Waals surface area contributed by atoms with Crippen molar-refractivity contribution in [3.63, 3.8) is 0 Å². The molecule has 0 bridgehead atoms. The van der Waals surface area contributed by atoms with Gasteiger partial charge in [0.25, 0.3) is 0 Å². The van der Waals surface area contributed by atoms with Crippen LogP contribution in [0.4, 0.5) is 4.79 Å². The second-order valence-corrected chi connectivity index (χ2v) is 7.39. The molecule has 1 unspecified atom stereocenters. The van der Waals surface area contributed by atoms with Crippen LogP contribution in [0.15, 0.2) is 35.5 Å². The van der Waals surface area contributed by atoms with Gasteiger partial charge in [-0.15, -0.1) is 0 Å². The summed E-state index contributed by atoms with van der Waals surface area (Å²) in [7, 11) is 0. The van der Waals surface area contributed by atoms with E-state index in [1.807, 2.05) is 6.07 Å². The molecule has 3 rings (SSSR count). The van der Waals surface area contributed by atoms with E-state index in [9.17, 15) is 14.4 Å². The third-order valence-electron chi connectivity index (χ3n) is 5.19. The Balaban J connectivity index is 1.80. The zero-order valence-corrected chi connectivity index (χ0v) is 16.6. The van der Waals surface area contributed by atoms with Crippen molar-refractivity contribution in [3.8, 4) is 0 Å². The number of amides is 2. The lowest BCUT2D eigenvalue weighted by Crippen LogP contribution is -2.50. The van der Waals surface area contributed by atoms with Crippen LogP contribution in [0.3, 0.4) is 0 Å². The van der Waals surface area contributed by atoms with Crippen molar-refractivity contribution in [2.75, 3.05) is 13.2 Å². The molecule has 150 valence electrons. The Morgan fingerprint density at radius 3 is 2.64 bits per heavy atom. The third kappa shape index (κ3) is 3.85. The van der Waals surface area contributed by atoms with Gasteiger partial charge in [-0.25, -0.2) is 9.59 Å². The molecule has 0 saturated heterocycles. The fourth-order valence-corrected chi connectivity index (χ4v) is 3.79. The van der Waals surface area contributed by atoms with Gasteiger partial charge >= 0.3 is 18.0 Å². The van der Waals surface area contributed by atoms with Crippen LogP contribution in [0.25, 0.3) is 0 Å². The van der Waals surface area contributed by atoms with Crippen molar-refractivity contribution >= 4 is 29.6 Å². The van der Waals surface area contributed by atoms with Gasteiger partial charge in [-0.3, -0.25) is 4.79 Å². The van der Waals surface area contributed by atoms with Crippen molar-refractivity contribution in [3.05, 3.63) is 46.1 Å². The fraction of sp³-hybridized carbons (Fsp3) is 0.450. The number of rotatable bonds is 6. The van der Waals surface area contributed by atoms with E-state index in [1.165, 1.54) is 0 Å². The summed E-state index contributed by atoms with van der Waals surface area (Å²) in [6.45, 7) is 3.36. The number of hydrogen-bond acceptors (Lipinski definition) is 5. The second-order valence-electron chi connectivity index (χ2n) is 6.95. The molecule has 1 fully saturated rings. The molecule has 0 radical (unpaired) electrons. The second kappa shape index (κ2) is 8.22. The van der Waals surface area contributed by atoms with E-state index < -0.39 is 29.4 Å². The lowest BCUT2D eigenvalue weighted by Gasteiger charge is -2.40. The van der Waals surface area contributed by atoms with Gasteiger partial charge in [0, 0.05) is 5.02 Å². The number of urea groups is 1. The van der Waals surface area contributed by atoms with Crippen LogP contribution in [0.5, 0.6) is 0 Å². The Morgan fingerprint density at radius 1 is 1.29 bits per heavy atom. The maximum Gasteiger partial charge on any atom is 0.338 e. The first-order valence-electron chi connectivity index (χ1n) is 9.28. The zero-order valence-electron chi connectivity index (χ0n) is 15.8. The smallest absolute Gasteiger partial charge is 0.338 e. The van der Waals surface area contributed by atoms with Crippen LogP contribution < -0.4 is 10.6 Å². The molecule has 1 aliphatic carbocycles. The lowest BCUT2D eigenvalue weighted by molar-refractivity contribution is -0.153. The van der Waals surface area contributed by atoms with Crippen molar-refractivity contribution in [1.29, 1.82) is 0 Å². The average molecular weight is 407 g/mol. The van der Waals surface area contributed by atoms with Crippen molar-refractivity contribution in [2.45, 2.75) is 44.6 Å². The van der Waals surface area contributed by atoms with Gasteiger partial charge in [0.1, 0.15) is 6.61 Å². The average Bonchev–Trinajstić information content (AvgIpc) is 2.58. The Kier molecular flexibility index (Phi) is 5.93. The highest BCUT2D eigenvalue weighted by Crippen LogP contribution is 2.45. The van der Waals surface area contributed by atoms with Gasteiger partial charge in [-0.05, 0) is 44.4 Å². The summed E-state index contributed by atoms with van der Waals surface area (Å²) in [6.07, 6.45) is 2.25. The number of ether oxygens (including phenoxy) is 2. The van der Waals surface area contributed by atoms with Crippen LogP contribution in [0.1, 0.15) is 38.7 Å². The van der Waals surface area contributed by atoms with Crippen LogP contribution in [0.2, 0.25) is 5.02 Å². The third-order valence-corrected chi connectivity index (χ3v) is 5.42. The largest absolute Gasteiger partial charge is 0.463 e. The number of nitrogens with one attached hydrogen (secondary N) is 2. The number of benzene rings is 1. The normalized spacial score (nSPS) is 20.5. The quantitative estimate of drug-likeness (QED) is 0.708. The number of halogens is 1. The Bertz CT molecular complexity index is 832. The SMILES string of the molecule is CCOC(=O)C1=C(COC(=O)C2(c3cccc(Cl)c3)CCC2)NC(=O)NC1C. The van der Waals surface area contributed by atoms with E-state index in [0.717, 1.165) is 12.0 Å². The summed E-state index contributed by atoms with van der Waals surface area (Å²) >= 11 is 6.09. The first-order chi connectivity index (χ1) is 13.4. The summed E-state index contributed by atoms with van der Waals surface area (Å²) in [4.78, 5) is 37.0. The maximum absolute atomic E-state index is 12.9. The predicted octanol–water partition coefficient (Wildman–Crippen LogP) is 2.82. The monoisotopic (exact) mass is 406 g/mol. The molecule has 1 atom stereocenters. The van der Waals surface area contributed by atoms with Crippen molar-refractivity contribution < 1.29 is 23.9 Å². The molecular weight excluding hydrogens is 384 g/mol. The molecule has 2 N–H and O–H groups in total. The number of hydrogen-bond donors (Lipinski definition) is 2. The maximum atomic E-state index is 12.9. The molecule has 2 aliphatic rings. The van der Waals surface area contributed by atoms with Gasteiger partial charge in [0.05, 0.1) is 29.3 Å². The Labute approximate surface area is 168 Å². The summed E-state index contributed by atoms with van der Waals surface area (Å²) in [5.41, 5.74) is 0.569. The van der Waals surface area contributed by atoms with E-state index in [2.05, 4.69) is 10.6 Å². The fourth-order valence-electron chi connectivity index (χ4n) is 3.60. The zero-order chi connectivity index (χ0) is 20.3. The number of esters is 2. The van der Waals surface area contributed by atoms with Crippen LogP contribution in [0, 0.1) is 0 Å². The topological polar surface area (TPSA) is 93.7 Å². The summed E-state index contributed by atoms with van der Waals surface area (Å²) < 4.78 is 10.6. The minimum atomic E-state index is -0.738. The minimum absolute atomic E-state index is 0.202. The molecule has 0 spiro atoms. The molecule has 8 heteroatoms. The first-order valence-corrected chi connectivity index (χ1v) is 9.66. The Morgan fingerprint density at radius 2 is 2.04 bits per heavy atom. The number of carbonyl (C=O) groups is 3. The van der Waals surface area contributed by atoms with Crippen molar-refractivity contribution in [2.24, 2.45) is 0 Å². The first kappa shape index (κ1) is 20.2. The highest BCUT2D eigenvalue weighted by molar-refractivity contribution is 6.30. The molecule has 1 saturated carbocycles. The van der Waals surface area contributed by atoms with E-state index in [0.29, 0.717) is 17.9 Å². The molecule has 1 aromatic carbocycles. The van der Waals surface area contributed by atoms with E-state index >= 15 is 0 Å². The van der Waals surface area contributed by atoms with Crippen LogP contribution in [-0.4, -0.2) is 37.2 Å². The number of carbonyl (C=O) groups excluding carboxylic acids is 3.